The lowest BCUT2D eigenvalue weighted by atomic mass is 10.4. The molecule has 0 aliphatic carbocycles. The number of furan rings is 1. The minimum atomic E-state index is -1.09. The van der Waals surface area contributed by atoms with Crippen molar-refractivity contribution in [2.45, 2.75) is 25.4 Å². The fourth-order valence-corrected chi connectivity index (χ4v) is 3.71. The lowest BCUT2D eigenvalue weighted by Gasteiger charge is -1.96. The van der Waals surface area contributed by atoms with Gasteiger partial charge in [0, 0.05) is 16.2 Å². The fourth-order valence-electron chi connectivity index (χ4n) is 1.84. The molecule has 3 heterocycles. The van der Waals surface area contributed by atoms with Gasteiger partial charge in [-0.15, -0.1) is 11.3 Å². The monoisotopic (exact) mass is 322 g/mol. The number of rotatable bonds is 5. The van der Waals surface area contributed by atoms with Crippen LogP contribution >= 0.6 is 11.3 Å². The summed E-state index contributed by atoms with van der Waals surface area (Å²) in [6.07, 6.45) is 1.61. The molecule has 3 rings (SSSR count). The van der Waals surface area contributed by atoms with Crippen molar-refractivity contribution in [3.63, 3.8) is 0 Å². The van der Waals surface area contributed by atoms with Crippen LogP contribution < -0.4 is 0 Å². The second-order valence-electron chi connectivity index (χ2n) is 4.60. The Morgan fingerprint density at radius 1 is 1.29 bits per heavy atom. The third-order valence-corrected chi connectivity index (χ3v) is 5.04. The first kappa shape index (κ1) is 14.2. The molecule has 21 heavy (non-hydrogen) atoms. The van der Waals surface area contributed by atoms with Crippen LogP contribution in [0.3, 0.4) is 0 Å². The molecule has 5 nitrogen and oxygen atoms in total. The van der Waals surface area contributed by atoms with Gasteiger partial charge in [0.2, 0.25) is 5.89 Å². The van der Waals surface area contributed by atoms with Gasteiger partial charge in [-0.2, -0.15) is 0 Å². The maximum absolute atomic E-state index is 12.2. The lowest BCUT2D eigenvalue weighted by Crippen LogP contribution is -2.00. The quantitative estimate of drug-likeness (QED) is 0.719. The average Bonchev–Trinajstić information content (AvgIpc) is 3.12. The number of aryl methyl sites for hydroxylation is 2. The molecule has 0 unspecified atom stereocenters. The first-order valence-electron chi connectivity index (χ1n) is 6.38. The molecule has 0 aliphatic heterocycles. The Bertz CT molecular complexity index is 740. The number of hydrogen-bond donors (Lipinski definition) is 0. The van der Waals surface area contributed by atoms with Crippen LogP contribution in [-0.2, 0) is 22.3 Å². The third kappa shape index (κ3) is 3.30. The van der Waals surface area contributed by atoms with Crippen LogP contribution in [-0.4, -0.2) is 14.2 Å². The van der Waals surface area contributed by atoms with E-state index in [0.717, 1.165) is 27.9 Å². The van der Waals surface area contributed by atoms with Crippen molar-refractivity contribution in [2.75, 3.05) is 0 Å². The molecule has 0 aromatic carbocycles. The highest BCUT2D eigenvalue weighted by Gasteiger charge is 2.13. The predicted molar refractivity (Wildman–Crippen MR) is 81.3 cm³/mol. The molecule has 0 saturated heterocycles. The first-order chi connectivity index (χ1) is 10.1. The molecule has 3 aromatic rings. The number of oxazole rings is 1. The van der Waals surface area contributed by atoms with Gasteiger partial charge < -0.3 is 8.83 Å². The Kier molecular flexibility index (Phi) is 4.03. The van der Waals surface area contributed by atoms with Gasteiger partial charge in [-0.25, -0.2) is 9.97 Å². The van der Waals surface area contributed by atoms with E-state index in [1.807, 2.05) is 31.4 Å². The highest BCUT2D eigenvalue weighted by molar-refractivity contribution is 7.83. The molecule has 0 aliphatic rings. The summed E-state index contributed by atoms with van der Waals surface area (Å²) in [5.74, 6) is 2.72. The fraction of sp³-hybridized carbons (Fsp3) is 0.286. The molecule has 0 saturated carbocycles. The zero-order valence-corrected chi connectivity index (χ0v) is 13.3. The molecule has 1 atom stereocenters. The summed E-state index contributed by atoms with van der Waals surface area (Å²) in [4.78, 5) is 8.68. The van der Waals surface area contributed by atoms with Crippen LogP contribution in [0.25, 0.3) is 10.8 Å². The number of aromatic nitrogens is 2. The van der Waals surface area contributed by atoms with Crippen LogP contribution in [0.15, 0.2) is 32.6 Å². The van der Waals surface area contributed by atoms with Gasteiger partial charge in [-0.1, -0.05) is 0 Å². The van der Waals surface area contributed by atoms with Crippen molar-refractivity contribution in [1.29, 1.82) is 0 Å². The molecule has 7 heteroatoms. The van der Waals surface area contributed by atoms with E-state index in [-0.39, 0.29) is 0 Å². The second kappa shape index (κ2) is 5.95. The lowest BCUT2D eigenvalue weighted by molar-refractivity contribution is 0.487. The zero-order valence-electron chi connectivity index (χ0n) is 11.7. The molecule has 0 fully saturated rings. The first-order valence-corrected chi connectivity index (χ1v) is 8.75. The Balaban J connectivity index is 1.65. The van der Waals surface area contributed by atoms with Crippen LogP contribution in [0.1, 0.15) is 23.0 Å². The predicted octanol–water partition coefficient (Wildman–Crippen LogP) is 3.46. The summed E-state index contributed by atoms with van der Waals surface area (Å²) in [6.45, 7) is 3.73. The van der Waals surface area contributed by atoms with E-state index in [1.54, 1.807) is 6.26 Å². The average molecular weight is 322 g/mol. The van der Waals surface area contributed by atoms with E-state index in [9.17, 15) is 4.21 Å². The summed E-state index contributed by atoms with van der Waals surface area (Å²) >= 11 is 1.48. The molecule has 3 aromatic heterocycles. The van der Waals surface area contributed by atoms with Gasteiger partial charge in [-0.05, 0) is 26.0 Å². The highest BCUT2D eigenvalue weighted by Crippen LogP contribution is 2.24. The minimum absolute atomic E-state index is 0.308. The van der Waals surface area contributed by atoms with Gasteiger partial charge in [-0.3, -0.25) is 4.21 Å². The summed E-state index contributed by atoms with van der Waals surface area (Å²) in [5, 5.41) is 2.71. The molecular weight excluding hydrogens is 308 g/mol. The highest BCUT2D eigenvalue weighted by atomic mass is 32.2. The standard InChI is InChI=1S/C14H14N2O3S2/c1-9-10(2)19-13(15-9)8-21(17)7-11-6-20-14(16-11)12-4-3-5-18-12/h3-6H,7-8H2,1-2H3/t21-/m1/s1. The molecule has 0 N–H and O–H groups in total. The van der Waals surface area contributed by atoms with Gasteiger partial charge in [0.25, 0.3) is 0 Å². The topological polar surface area (TPSA) is 69.1 Å². The van der Waals surface area contributed by atoms with E-state index in [0.29, 0.717) is 17.4 Å². The van der Waals surface area contributed by atoms with E-state index in [2.05, 4.69) is 9.97 Å². The Labute approximate surface area is 128 Å². The van der Waals surface area contributed by atoms with E-state index in [1.165, 1.54) is 11.3 Å². The van der Waals surface area contributed by atoms with Crippen LogP contribution in [0.5, 0.6) is 0 Å². The molecule has 0 radical (unpaired) electrons. The van der Waals surface area contributed by atoms with E-state index >= 15 is 0 Å². The van der Waals surface area contributed by atoms with Crippen LogP contribution in [0.4, 0.5) is 0 Å². The smallest absolute Gasteiger partial charge is 0.207 e. The summed E-state index contributed by atoms with van der Waals surface area (Å²) in [5.41, 5.74) is 1.64. The number of hydrogen-bond acceptors (Lipinski definition) is 6. The van der Waals surface area contributed by atoms with Gasteiger partial charge in [0.1, 0.15) is 11.5 Å². The van der Waals surface area contributed by atoms with E-state index < -0.39 is 10.8 Å². The minimum Gasteiger partial charge on any atom is -0.462 e. The second-order valence-corrected chi connectivity index (χ2v) is 6.91. The Morgan fingerprint density at radius 2 is 2.14 bits per heavy atom. The van der Waals surface area contributed by atoms with Gasteiger partial charge in [0.05, 0.1) is 23.4 Å². The maximum Gasteiger partial charge on any atom is 0.207 e. The number of thiazole rings is 1. The molecule has 0 bridgehead atoms. The van der Waals surface area contributed by atoms with Crippen molar-refractivity contribution in [1.82, 2.24) is 9.97 Å². The SMILES string of the molecule is Cc1nc(C[S@](=O)Cc2csc(-c3ccco3)n2)oc1C. The number of nitrogens with zero attached hydrogens (tertiary/aromatic N) is 2. The van der Waals surface area contributed by atoms with Crippen molar-refractivity contribution in [2.24, 2.45) is 0 Å². The zero-order chi connectivity index (χ0) is 14.8. The molecule has 110 valence electrons. The Morgan fingerprint density at radius 3 is 2.81 bits per heavy atom. The van der Waals surface area contributed by atoms with Crippen LogP contribution in [0, 0.1) is 13.8 Å². The van der Waals surface area contributed by atoms with Crippen molar-refractivity contribution < 1.29 is 13.0 Å². The third-order valence-electron chi connectivity index (χ3n) is 2.95. The van der Waals surface area contributed by atoms with E-state index in [4.69, 9.17) is 8.83 Å². The normalized spacial score (nSPS) is 12.7. The van der Waals surface area contributed by atoms with Crippen molar-refractivity contribution in [3.8, 4) is 10.8 Å². The molecule has 0 amide bonds. The molecule has 0 spiro atoms. The summed E-state index contributed by atoms with van der Waals surface area (Å²) in [6, 6.07) is 3.68. The summed E-state index contributed by atoms with van der Waals surface area (Å²) < 4.78 is 22.9. The van der Waals surface area contributed by atoms with Gasteiger partial charge in [0.15, 0.2) is 10.8 Å². The van der Waals surface area contributed by atoms with Gasteiger partial charge >= 0.3 is 0 Å². The maximum atomic E-state index is 12.2. The Hall–Kier alpha value is -1.73. The van der Waals surface area contributed by atoms with Crippen LogP contribution in [0.2, 0.25) is 0 Å². The molecular formula is C14H14N2O3S2. The van der Waals surface area contributed by atoms with Crippen molar-refractivity contribution >= 4 is 22.1 Å². The van der Waals surface area contributed by atoms with Crippen molar-refractivity contribution in [3.05, 3.63) is 46.8 Å². The largest absolute Gasteiger partial charge is 0.462 e. The summed E-state index contributed by atoms with van der Waals surface area (Å²) in [7, 11) is -1.09.